The molecule has 28 heavy (non-hydrogen) atoms. The zero-order chi connectivity index (χ0) is 19.7. The van der Waals surface area contributed by atoms with Crippen molar-refractivity contribution in [2.75, 3.05) is 6.54 Å². The largest absolute Gasteiger partial charge is 0.351 e. The zero-order valence-corrected chi connectivity index (χ0v) is 16.9. The van der Waals surface area contributed by atoms with Crippen LogP contribution in [0.25, 0.3) is 0 Å². The van der Waals surface area contributed by atoms with E-state index in [0.717, 1.165) is 24.2 Å². The molecule has 0 radical (unpaired) electrons. The number of amides is 1. The number of nitrogens with one attached hydrogen (secondary N) is 1. The average molecular weight is 419 g/mol. The Hall–Kier alpha value is -2.38. The predicted molar refractivity (Wildman–Crippen MR) is 107 cm³/mol. The molecule has 7 nitrogen and oxygen atoms in total. The summed E-state index contributed by atoms with van der Waals surface area (Å²) in [7, 11) is 0. The Kier molecular flexibility index (Phi) is 5.37. The maximum absolute atomic E-state index is 12.7. The molecule has 1 aliphatic rings. The number of benzene rings is 1. The van der Waals surface area contributed by atoms with Gasteiger partial charge in [0.25, 0.3) is 5.91 Å². The monoisotopic (exact) mass is 418 g/mol. The van der Waals surface area contributed by atoms with E-state index in [4.69, 9.17) is 23.2 Å². The fourth-order valence-electron chi connectivity index (χ4n) is 3.18. The lowest BCUT2D eigenvalue weighted by atomic mass is 10.2. The lowest BCUT2D eigenvalue weighted by Crippen LogP contribution is -2.27. The molecule has 2 aromatic heterocycles. The van der Waals surface area contributed by atoms with Gasteiger partial charge in [0.1, 0.15) is 17.3 Å². The number of hydrogen-bond donors (Lipinski definition) is 1. The van der Waals surface area contributed by atoms with Gasteiger partial charge < -0.3 is 9.88 Å². The van der Waals surface area contributed by atoms with Crippen molar-refractivity contribution in [2.45, 2.75) is 38.8 Å². The molecular formula is C19H20Cl2N6O. The van der Waals surface area contributed by atoms with Gasteiger partial charge >= 0.3 is 0 Å². The second-order valence-electron chi connectivity index (χ2n) is 6.89. The number of aromatic nitrogens is 5. The molecule has 0 saturated heterocycles. The van der Waals surface area contributed by atoms with E-state index in [9.17, 15) is 4.79 Å². The molecule has 9 heteroatoms. The van der Waals surface area contributed by atoms with Crippen LogP contribution in [0.1, 0.15) is 46.3 Å². The molecule has 1 fully saturated rings. The highest BCUT2D eigenvalue weighted by molar-refractivity contribution is 6.33. The van der Waals surface area contributed by atoms with Crippen molar-refractivity contribution in [3.8, 4) is 0 Å². The Morgan fingerprint density at radius 3 is 2.82 bits per heavy atom. The van der Waals surface area contributed by atoms with Gasteiger partial charge in [-0.1, -0.05) is 41.4 Å². The first kappa shape index (κ1) is 19.0. The number of aryl methyl sites for hydroxylation is 1. The number of hydrogen-bond acceptors (Lipinski definition) is 4. The van der Waals surface area contributed by atoms with Crippen molar-refractivity contribution in [2.24, 2.45) is 0 Å². The van der Waals surface area contributed by atoms with Crippen LogP contribution >= 0.6 is 23.2 Å². The highest BCUT2D eigenvalue weighted by Crippen LogP contribution is 2.35. The highest BCUT2D eigenvalue weighted by Gasteiger charge is 2.26. The molecule has 0 bridgehead atoms. The number of rotatable bonds is 7. The Balaban J connectivity index is 1.42. The first-order valence-corrected chi connectivity index (χ1v) is 9.93. The number of halogens is 2. The summed E-state index contributed by atoms with van der Waals surface area (Å²) in [6.45, 7) is 2.63. The Morgan fingerprint density at radius 1 is 1.29 bits per heavy atom. The van der Waals surface area contributed by atoms with Crippen LogP contribution in [-0.4, -0.2) is 37.0 Å². The van der Waals surface area contributed by atoms with Crippen LogP contribution in [0, 0.1) is 6.92 Å². The van der Waals surface area contributed by atoms with Gasteiger partial charge in [-0.05, 0) is 31.4 Å². The summed E-state index contributed by atoms with van der Waals surface area (Å²) < 4.78 is 3.68. The third-order valence-corrected chi connectivity index (χ3v) is 5.54. The molecule has 0 unspecified atom stereocenters. The highest BCUT2D eigenvalue weighted by atomic mass is 35.5. The first-order valence-electron chi connectivity index (χ1n) is 9.17. The van der Waals surface area contributed by atoms with Gasteiger partial charge in [0.15, 0.2) is 0 Å². The molecule has 1 saturated carbocycles. The summed E-state index contributed by atoms with van der Waals surface area (Å²) in [4.78, 5) is 12.7. The molecule has 3 aromatic rings. The fraction of sp³-hybridized carbons (Fsp3) is 0.368. The van der Waals surface area contributed by atoms with Crippen LogP contribution in [0.2, 0.25) is 10.2 Å². The second-order valence-corrected chi connectivity index (χ2v) is 7.66. The SMILES string of the molecule is Cc1nn(Cc2ccccc2Cl)c(Cl)c1C(=O)NCCc1nncn1C1CC1. The smallest absolute Gasteiger partial charge is 0.256 e. The van der Waals surface area contributed by atoms with E-state index in [1.165, 1.54) is 0 Å². The van der Waals surface area contributed by atoms with E-state index < -0.39 is 0 Å². The van der Waals surface area contributed by atoms with Gasteiger partial charge in [-0.25, -0.2) is 4.68 Å². The summed E-state index contributed by atoms with van der Waals surface area (Å²) in [5, 5.41) is 16.4. The molecule has 1 aromatic carbocycles. The fourth-order valence-corrected chi connectivity index (χ4v) is 3.70. The first-order chi connectivity index (χ1) is 13.5. The molecule has 2 heterocycles. The Labute approximate surface area is 172 Å². The minimum Gasteiger partial charge on any atom is -0.351 e. The molecule has 1 N–H and O–H groups in total. The summed E-state index contributed by atoms with van der Waals surface area (Å²) in [6.07, 6.45) is 4.70. The Morgan fingerprint density at radius 2 is 2.07 bits per heavy atom. The van der Waals surface area contributed by atoms with Crippen LogP contribution in [0.5, 0.6) is 0 Å². The van der Waals surface area contributed by atoms with Crippen molar-refractivity contribution < 1.29 is 4.79 Å². The molecule has 4 rings (SSSR count). The summed E-state index contributed by atoms with van der Waals surface area (Å²) >= 11 is 12.7. The molecule has 146 valence electrons. The summed E-state index contributed by atoms with van der Waals surface area (Å²) in [5.74, 6) is 0.644. The average Bonchev–Trinajstić information content (AvgIpc) is 3.34. The third kappa shape index (κ3) is 3.91. The van der Waals surface area contributed by atoms with Gasteiger partial charge in [0, 0.05) is 24.0 Å². The van der Waals surface area contributed by atoms with Crippen LogP contribution < -0.4 is 5.32 Å². The molecule has 0 spiro atoms. The minimum absolute atomic E-state index is 0.245. The molecule has 0 aliphatic heterocycles. The third-order valence-electron chi connectivity index (χ3n) is 4.79. The molecular weight excluding hydrogens is 399 g/mol. The van der Waals surface area contributed by atoms with E-state index in [-0.39, 0.29) is 5.91 Å². The number of nitrogens with zero attached hydrogens (tertiary/aromatic N) is 5. The number of carbonyl (C=O) groups is 1. The van der Waals surface area contributed by atoms with E-state index in [1.807, 2.05) is 24.3 Å². The molecule has 0 atom stereocenters. The van der Waals surface area contributed by atoms with Crippen molar-refractivity contribution in [3.05, 3.63) is 63.4 Å². The second kappa shape index (κ2) is 7.93. The van der Waals surface area contributed by atoms with Gasteiger partial charge in [-0.2, -0.15) is 5.10 Å². The van der Waals surface area contributed by atoms with Crippen molar-refractivity contribution in [1.82, 2.24) is 29.9 Å². The lowest BCUT2D eigenvalue weighted by Gasteiger charge is -2.07. The van der Waals surface area contributed by atoms with E-state index in [0.29, 0.717) is 47.0 Å². The summed E-state index contributed by atoms with van der Waals surface area (Å²) in [5.41, 5.74) is 1.85. The number of carbonyl (C=O) groups excluding carboxylic acids is 1. The lowest BCUT2D eigenvalue weighted by molar-refractivity contribution is 0.0953. The van der Waals surface area contributed by atoms with Gasteiger partial charge in [-0.15, -0.1) is 10.2 Å². The van der Waals surface area contributed by atoms with E-state index in [1.54, 1.807) is 17.9 Å². The standard InChI is InChI=1S/C19H20Cl2N6O/c1-12-17(18(21)27(25-12)10-13-4-2-3-5-15(13)20)19(28)22-9-8-16-24-23-11-26(16)14-6-7-14/h2-5,11,14H,6-10H2,1H3,(H,22,28). The van der Waals surface area contributed by atoms with Crippen LogP contribution in [0.3, 0.4) is 0 Å². The minimum atomic E-state index is -0.245. The van der Waals surface area contributed by atoms with Gasteiger partial charge in [-0.3, -0.25) is 4.79 Å². The molecule has 1 aliphatic carbocycles. The van der Waals surface area contributed by atoms with Crippen LogP contribution in [0.4, 0.5) is 0 Å². The maximum atomic E-state index is 12.7. The predicted octanol–water partition coefficient (Wildman–Crippen LogP) is 3.45. The molecule has 1 amide bonds. The van der Waals surface area contributed by atoms with Crippen molar-refractivity contribution in [3.63, 3.8) is 0 Å². The van der Waals surface area contributed by atoms with Gasteiger partial charge in [0.05, 0.1) is 17.8 Å². The topological polar surface area (TPSA) is 77.6 Å². The van der Waals surface area contributed by atoms with Gasteiger partial charge in [0.2, 0.25) is 0 Å². The van der Waals surface area contributed by atoms with Crippen molar-refractivity contribution in [1.29, 1.82) is 0 Å². The Bertz CT molecular complexity index is 1010. The maximum Gasteiger partial charge on any atom is 0.256 e. The van der Waals surface area contributed by atoms with E-state index >= 15 is 0 Å². The quantitative estimate of drug-likeness (QED) is 0.637. The normalized spacial score (nSPS) is 13.7. The van der Waals surface area contributed by atoms with Crippen molar-refractivity contribution >= 4 is 29.1 Å². The van der Waals surface area contributed by atoms with Crippen LogP contribution in [0.15, 0.2) is 30.6 Å². The van der Waals surface area contributed by atoms with Crippen LogP contribution in [-0.2, 0) is 13.0 Å². The zero-order valence-electron chi connectivity index (χ0n) is 15.4. The summed E-state index contributed by atoms with van der Waals surface area (Å²) in [6, 6.07) is 8.01. The van der Waals surface area contributed by atoms with E-state index in [2.05, 4.69) is 25.2 Å².